The second-order valence-electron chi connectivity index (χ2n) is 18.4. The van der Waals surface area contributed by atoms with Crippen molar-refractivity contribution < 1.29 is 9.53 Å². The van der Waals surface area contributed by atoms with Gasteiger partial charge in [0.1, 0.15) is 6.10 Å². The van der Waals surface area contributed by atoms with Crippen LogP contribution >= 0.6 is 0 Å². The van der Waals surface area contributed by atoms with Gasteiger partial charge in [-0.3, -0.25) is 0 Å². The van der Waals surface area contributed by atoms with Gasteiger partial charge >= 0.3 is 5.97 Å². The Morgan fingerprint density at radius 3 is 2.12 bits per heavy atom. The number of ether oxygens (including phenoxy) is 1. The molecule has 0 aromatic carbocycles. The summed E-state index contributed by atoms with van der Waals surface area (Å²) >= 11 is 0. The van der Waals surface area contributed by atoms with E-state index < -0.39 is 0 Å². The maximum atomic E-state index is 13.2. The van der Waals surface area contributed by atoms with Crippen molar-refractivity contribution in [2.75, 3.05) is 0 Å². The third kappa shape index (κ3) is 11.1. The van der Waals surface area contributed by atoms with Gasteiger partial charge in [0.05, 0.1) is 0 Å². The molecule has 0 spiro atoms. The van der Waals surface area contributed by atoms with Crippen LogP contribution in [0.1, 0.15) is 177 Å². The molecule has 0 N–H and O–H groups in total. The minimum absolute atomic E-state index is 0.0524. The second-order valence-corrected chi connectivity index (χ2v) is 18.4. The molecule has 0 saturated heterocycles. The van der Waals surface area contributed by atoms with Gasteiger partial charge in [-0.15, -0.1) is 0 Å². The highest BCUT2D eigenvalue weighted by molar-refractivity contribution is 5.82. The van der Waals surface area contributed by atoms with Crippen LogP contribution in [-0.2, 0) is 9.53 Å². The number of esters is 1. The number of rotatable bonds is 20. The number of carbonyl (C=O) groups excluding carboxylic acids is 1. The van der Waals surface area contributed by atoms with E-state index in [9.17, 15) is 4.79 Å². The predicted octanol–water partition coefficient (Wildman–Crippen LogP) is 14.6. The molecule has 0 radical (unpaired) electrons. The average Bonchev–Trinajstić information content (AvgIpc) is 3.47. The molecule has 288 valence electrons. The largest absolute Gasteiger partial charge is 0.459 e. The standard InChI is InChI=1S/C49H80O2/c1-8-10-11-12-13-14-15-16-17-18-19-20-21-22-23-24-25-29-47(50)51-46-28-26-27-41-32-33-42-44-35-34-43(39(5)30-31-40(9-2)38(3)4)48(44,6)37-36-45(42)49(41,46)7/h17-25,29,38-46H,8-16,26-28,30-37H2,1-7H3/b18-17+,20-19+,22-21+,24-23+,29-25+/t39-,40-,41?,42-,43-,44+,45+,46?,48-,49+/m1/s1. The lowest BCUT2D eigenvalue weighted by atomic mass is 9.44. The summed E-state index contributed by atoms with van der Waals surface area (Å²) in [4.78, 5) is 13.2. The van der Waals surface area contributed by atoms with Crippen molar-refractivity contribution in [1.29, 1.82) is 0 Å². The summed E-state index contributed by atoms with van der Waals surface area (Å²) in [6.07, 6.45) is 46.8. The molecule has 0 aliphatic heterocycles. The lowest BCUT2D eigenvalue weighted by Gasteiger charge is -2.62. The van der Waals surface area contributed by atoms with Crippen LogP contribution in [0, 0.1) is 58.2 Å². The molecule has 2 heteroatoms. The maximum Gasteiger partial charge on any atom is 0.331 e. The molecule has 4 fully saturated rings. The van der Waals surface area contributed by atoms with Crippen LogP contribution in [0.5, 0.6) is 0 Å². The second kappa shape index (κ2) is 21.2. The summed E-state index contributed by atoms with van der Waals surface area (Å²) in [5.74, 6) is 6.28. The lowest BCUT2D eigenvalue weighted by molar-refractivity contribution is -0.188. The fourth-order valence-corrected chi connectivity index (χ4v) is 12.2. The van der Waals surface area contributed by atoms with Crippen molar-refractivity contribution in [2.45, 2.75) is 183 Å². The monoisotopic (exact) mass is 701 g/mol. The smallest absolute Gasteiger partial charge is 0.331 e. The van der Waals surface area contributed by atoms with Gasteiger partial charge in [0.25, 0.3) is 0 Å². The van der Waals surface area contributed by atoms with Gasteiger partial charge in [0.15, 0.2) is 0 Å². The molecule has 4 aliphatic rings. The molecule has 0 heterocycles. The van der Waals surface area contributed by atoms with Crippen LogP contribution in [0.25, 0.3) is 0 Å². The van der Waals surface area contributed by atoms with E-state index in [1.165, 1.54) is 122 Å². The Balaban J connectivity index is 1.25. The van der Waals surface area contributed by atoms with Crippen LogP contribution in [-0.4, -0.2) is 12.1 Å². The highest BCUT2D eigenvalue weighted by Gasteiger charge is 2.62. The van der Waals surface area contributed by atoms with E-state index in [1.54, 1.807) is 6.08 Å². The van der Waals surface area contributed by atoms with Gasteiger partial charge in [0.2, 0.25) is 0 Å². The molecular weight excluding hydrogens is 621 g/mol. The Kier molecular flexibility index (Phi) is 17.4. The molecule has 0 amide bonds. The Bertz CT molecular complexity index is 1170. The first-order valence-corrected chi connectivity index (χ1v) is 22.2. The van der Waals surface area contributed by atoms with Crippen molar-refractivity contribution in [2.24, 2.45) is 58.2 Å². The maximum absolute atomic E-state index is 13.2. The van der Waals surface area contributed by atoms with Crippen molar-refractivity contribution >= 4 is 5.97 Å². The first-order chi connectivity index (χ1) is 24.7. The van der Waals surface area contributed by atoms with E-state index in [4.69, 9.17) is 4.74 Å². The molecule has 0 aromatic rings. The molecule has 10 atom stereocenters. The molecule has 2 nitrogen and oxygen atoms in total. The molecule has 4 saturated carbocycles. The minimum atomic E-state index is -0.161. The van der Waals surface area contributed by atoms with E-state index in [-0.39, 0.29) is 17.5 Å². The van der Waals surface area contributed by atoms with E-state index >= 15 is 0 Å². The van der Waals surface area contributed by atoms with Crippen molar-refractivity contribution in [3.05, 3.63) is 60.8 Å². The molecule has 51 heavy (non-hydrogen) atoms. The van der Waals surface area contributed by atoms with Crippen LogP contribution in [0.15, 0.2) is 60.8 Å². The van der Waals surface area contributed by atoms with Gasteiger partial charge in [-0.05, 0) is 130 Å². The van der Waals surface area contributed by atoms with Crippen LogP contribution in [0.4, 0.5) is 0 Å². The molecule has 4 aliphatic carbocycles. The predicted molar refractivity (Wildman–Crippen MR) is 220 cm³/mol. The number of hydrogen-bond donors (Lipinski definition) is 0. The summed E-state index contributed by atoms with van der Waals surface area (Å²) in [6.45, 7) is 17.4. The van der Waals surface area contributed by atoms with E-state index in [0.29, 0.717) is 17.3 Å². The SMILES string of the molecule is CCCCCCCCC/C=C/C=C/C=C/C=C/C=C/C(=O)OC1CCCC2CC[C@H]3[C@H](CC[C@]4(C)[C@@H]([C@H](C)CC[C@@H](CC)C(C)C)CC[C@@H]34)[C@]21C. The zero-order valence-electron chi connectivity index (χ0n) is 34.4. The number of unbranched alkanes of at least 4 members (excludes halogenated alkanes) is 7. The quantitative estimate of drug-likeness (QED) is 0.0547. The summed E-state index contributed by atoms with van der Waals surface area (Å²) in [7, 11) is 0. The Morgan fingerprint density at radius 2 is 1.41 bits per heavy atom. The van der Waals surface area contributed by atoms with Crippen molar-refractivity contribution in [3.8, 4) is 0 Å². The molecule has 2 unspecified atom stereocenters. The third-order valence-electron chi connectivity index (χ3n) is 15.3. The van der Waals surface area contributed by atoms with Gasteiger partial charge < -0.3 is 4.74 Å². The Labute approximate surface area is 316 Å². The molecular formula is C49H80O2. The molecule has 0 aromatic heterocycles. The summed E-state index contributed by atoms with van der Waals surface area (Å²) in [5.41, 5.74) is 0.613. The normalized spacial score (nSPS) is 33.8. The van der Waals surface area contributed by atoms with Crippen molar-refractivity contribution in [3.63, 3.8) is 0 Å². The minimum Gasteiger partial charge on any atom is -0.459 e. The fraction of sp³-hybridized carbons (Fsp3) is 0.776. The van der Waals surface area contributed by atoms with Gasteiger partial charge in [-0.1, -0.05) is 155 Å². The van der Waals surface area contributed by atoms with E-state index in [1.807, 2.05) is 30.4 Å². The third-order valence-corrected chi connectivity index (χ3v) is 15.3. The lowest BCUT2D eigenvalue weighted by Crippen LogP contribution is -2.58. The van der Waals surface area contributed by atoms with Crippen molar-refractivity contribution in [1.82, 2.24) is 0 Å². The fourth-order valence-electron chi connectivity index (χ4n) is 12.2. The Morgan fingerprint density at radius 1 is 0.725 bits per heavy atom. The number of carbonyl (C=O) groups is 1. The zero-order chi connectivity index (χ0) is 36.7. The van der Waals surface area contributed by atoms with Crippen LogP contribution in [0.2, 0.25) is 0 Å². The number of allylic oxidation sites excluding steroid dienone is 9. The van der Waals surface area contributed by atoms with Crippen LogP contribution in [0.3, 0.4) is 0 Å². The molecule has 0 bridgehead atoms. The summed E-state index contributed by atoms with van der Waals surface area (Å²) in [5, 5.41) is 0. The topological polar surface area (TPSA) is 26.3 Å². The molecule has 4 rings (SSSR count). The zero-order valence-corrected chi connectivity index (χ0v) is 34.4. The van der Waals surface area contributed by atoms with E-state index in [0.717, 1.165) is 41.9 Å². The highest BCUT2D eigenvalue weighted by atomic mass is 16.5. The average molecular weight is 701 g/mol. The van der Waals surface area contributed by atoms with Gasteiger partial charge in [-0.2, -0.15) is 0 Å². The number of hydrogen-bond acceptors (Lipinski definition) is 2. The van der Waals surface area contributed by atoms with Gasteiger partial charge in [0, 0.05) is 11.5 Å². The Hall–Kier alpha value is -1.83. The van der Waals surface area contributed by atoms with Gasteiger partial charge in [-0.25, -0.2) is 4.79 Å². The first kappa shape index (κ1) is 41.9. The number of fused-ring (bicyclic) bond motifs is 5. The first-order valence-electron chi connectivity index (χ1n) is 22.2. The summed E-state index contributed by atoms with van der Waals surface area (Å²) < 4.78 is 6.43. The highest BCUT2D eigenvalue weighted by Crippen LogP contribution is 2.68. The summed E-state index contributed by atoms with van der Waals surface area (Å²) in [6, 6.07) is 0. The van der Waals surface area contributed by atoms with E-state index in [2.05, 4.69) is 72.8 Å². The van der Waals surface area contributed by atoms with Crippen LogP contribution < -0.4 is 0 Å².